The molecule has 0 bridgehead atoms. The van der Waals surface area contributed by atoms with E-state index in [4.69, 9.17) is 5.73 Å². The highest BCUT2D eigenvalue weighted by Gasteiger charge is 2.22. The van der Waals surface area contributed by atoms with Crippen LogP contribution in [0.15, 0.2) is 6.20 Å². The van der Waals surface area contributed by atoms with Gasteiger partial charge in [-0.2, -0.15) is 0 Å². The highest BCUT2D eigenvalue weighted by atomic mass is 16.2. The summed E-state index contributed by atoms with van der Waals surface area (Å²) in [4.78, 5) is 11.5. The highest BCUT2D eigenvalue weighted by Crippen LogP contribution is 2.27. The lowest BCUT2D eigenvalue weighted by Crippen LogP contribution is -2.25. The predicted octanol–water partition coefficient (Wildman–Crippen LogP) is -0.623. The standard InChI is InChI=1S/C9H15N5O/c10-3-4-14-6-8(12-13-14)9(15)11-5-7-1-2-7/h6-7H,1-5,10H2,(H,11,15). The van der Waals surface area contributed by atoms with Gasteiger partial charge in [-0.1, -0.05) is 5.21 Å². The number of hydrogen-bond donors (Lipinski definition) is 2. The predicted molar refractivity (Wildman–Crippen MR) is 54.1 cm³/mol. The molecule has 1 fully saturated rings. The molecule has 0 aromatic carbocycles. The van der Waals surface area contributed by atoms with Gasteiger partial charge in [-0.15, -0.1) is 5.10 Å². The van der Waals surface area contributed by atoms with Crippen LogP contribution in [0.2, 0.25) is 0 Å². The van der Waals surface area contributed by atoms with E-state index in [-0.39, 0.29) is 5.91 Å². The third-order valence-electron chi connectivity index (χ3n) is 2.38. The number of hydrogen-bond acceptors (Lipinski definition) is 4. The number of amides is 1. The average molecular weight is 209 g/mol. The molecular formula is C9H15N5O. The van der Waals surface area contributed by atoms with Crippen molar-refractivity contribution in [1.82, 2.24) is 20.3 Å². The van der Waals surface area contributed by atoms with Crippen LogP contribution >= 0.6 is 0 Å². The number of rotatable bonds is 5. The van der Waals surface area contributed by atoms with Crippen LogP contribution in [0.1, 0.15) is 23.3 Å². The van der Waals surface area contributed by atoms with E-state index in [1.807, 2.05) is 0 Å². The van der Waals surface area contributed by atoms with Crippen molar-refractivity contribution in [1.29, 1.82) is 0 Å². The Morgan fingerprint density at radius 3 is 3.13 bits per heavy atom. The van der Waals surface area contributed by atoms with Gasteiger partial charge in [0.25, 0.3) is 5.91 Å². The summed E-state index contributed by atoms with van der Waals surface area (Å²) in [5, 5.41) is 10.4. The maximum atomic E-state index is 11.5. The molecule has 6 heteroatoms. The molecule has 6 nitrogen and oxygen atoms in total. The summed E-state index contributed by atoms with van der Waals surface area (Å²) in [5.41, 5.74) is 5.73. The fraction of sp³-hybridized carbons (Fsp3) is 0.667. The van der Waals surface area contributed by atoms with Crippen LogP contribution in [-0.4, -0.2) is 34.0 Å². The van der Waals surface area contributed by atoms with E-state index in [2.05, 4.69) is 15.6 Å². The Hall–Kier alpha value is -1.43. The molecule has 0 spiro atoms. The average Bonchev–Trinajstić information content (AvgIpc) is 2.94. The number of aromatic nitrogens is 3. The van der Waals surface area contributed by atoms with Crippen LogP contribution in [0.3, 0.4) is 0 Å². The van der Waals surface area contributed by atoms with E-state index in [0.717, 1.165) is 6.54 Å². The molecule has 15 heavy (non-hydrogen) atoms. The van der Waals surface area contributed by atoms with Crippen LogP contribution in [0.25, 0.3) is 0 Å². The van der Waals surface area contributed by atoms with E-state index in [1.165, 1.54) is 12.8 Å². The molecule has 0 atom stereocenters. The van der Waals surface area contributed by atoms with Crippen LogP contribution in [0, 0.1) is 5.92 Å². The third kappa shape index (κ3) is 2.76. The summed E-state index contributed by atoms with van der Waals surface area (Å²) in [6.07, 6.45) is 4.06. The Balaban J connectivity index is 1.86. The summed E-state index contributed by atoms with van der Waals surface area (Å²) < 4.78 is 1.58. The monoisotopic (exact) mass is 209 g/mol. The summed E-state index contributed by atoms with van der Waals surface area (Å²) in [7, 11) is 0. The van der Waals surface area contributed by atoms with Crippen LogP contribution in [0.5, 0.6) is 0 Å². The van der Waals surface area contributed by atoms with Crippen molar-refractivity contribution in [2.45, 2.75) is 19.4 Å². The number of nitrogens with two attached hydrogens (primary N) is 1. The quantitative estimate of drug-likeness (QED) is 0.676. The van der Waals surface area contributed by atoms with E-state index in [9.17, 15) is 4.79 Å². The van der Waals surface area contributed by atoms with Gasteiger partial charge < -0.3 is 11.1 Å². The first-order chi connectivity index (χ1) is 7.29. The van der Waals surface area contributed by atoms with Crippen LogP contribution < -0.4 is 11.1 Å². The lowest BCUT2D eigenvalue weighted by molar-refractivity contribution is 0.0946. The van der Waals surface area contributed by atoms with Crippen molar-refractivity contribution < 1.29 is 4.79 Å². The second-order valence-electron chi connectivity index (χ2n) is 3.81. The van der Waals surface area contributed by atoms with Crippen molar-refractivity contribution >= 4 is 5.91 Å². The van der Waals surface area contributed by atoms with Crippen molar-refractivity contribution in [2.24, 2.45) is 11.7 Å². The van der Waals surface area contributed by atoms with Gasteiger partial charge in [0.15, 0.2) is 5.69 Å². The largest absolute Gasteiger partial charge is 0.350 e. The van der Waals surface area contributed by atoms with Gasteiger partial charge in [0.1, 0.15) is 0 Å². The first-order valence-corrected chi connectivity index (χ1v) is 5.18. The zero-order chi connectivity index (χ0) is 10.7. The fourth-order valence-electron chi connectivity index (χ4n) is 1.29. The lowest BCUT2D eigenvalue weighted by Gasteiger charge is -1.99. The topological polar surface area (TPSA) is 85.8 Å². The SMILES string of the molecule is NCCn1cc(C(=O)NCC2CC2)nn1. The molecule has 0 saturated heterocycles. The minimum absolute atomic E-state index is 0.148. The summed E-state index contributed by atoms with van der Waals surface area (Å²) in [5.74, 6) is 0.526. The van der Waals surface area contributed by atoms with Crippen molar-refractivity contribution in [2.75, 3.05) is 13.1 Å². The molecule has 0 unspecified atom stereocenters. The molecule has 82 valence electrons. The fourth-order valence-corrected chi connectivity index (χ4v) is 1.29. The second-order valence-corrected chi connectivity index (χ2v) is 3.81. The normalized spacial score (nSPS) is 15.3. The van der Waals surface area contributed by atoms with Gasteiger partial charge in [-0.3, -0.25) is 9.48 Å². The molecule has 1 heterocycles. The summed E-state index contributed by atoms with van der Waals surface area (Å²) in [6.45, 7) is 1.83. The first-order valence-electron chi connectivity index (χ1n) is 5.18. The first kappa shape index (κ1) is 10.1. The van der Waals surface area contributed by atoms with Crippen LogP contribution in [0.4, 0.5) is 0 Å². The molecule has 1 saturated carbocycles. The number of nitrogens with zero attached hydrogens (tertiary/aromatic N) is 3. The van der Waals surface area contributed by atoms with E-state index >= 15 is 0 Å². The van der Waals surface area contributed by atoms with Gasteiger partial charge in [0.05, 0.1) is 12.7 Å². The minimum atomic E-state index is -0.148. The lowest BCUT2D eigenvalue weighted by atomic mass is 10.4. The zero-order valence-electron chi connectivity index (χ0n) is 8.52. The Kier molecular flexibility index (Phi) is 2.96. The Morgan fingerprint density at radius 2 is 2.47 bits per heavy atom. The second kappa shape index (κ2) is 4.39. The summed E-state index contributed by atoms with van der Waals surface area (Å²) >= 11 is 0. The molecule has 2 rings (SSSR count). The van der Waals surface area contributed by atoms with Gasteiger partial charge in [-0.05, 0) is 18.8 Å². The number of carbonyl (C=O) groups excluding carboxylic acids is 1. The maximum absolute atomic E-state index is 11.5. The third-order valence-corrected chi connectivity index (χ3v) is 2.38. The molecule has 0 radical (unpaired) electrons. The summed E-state index contributed by atoms with van der Waals surface area (Å²) in [6, 6.07) is 0. The van der Waals surface area contributed by atoms with Gasteiger partial charge in [-0.25, -0.2) is 0 Å². The van der Waals surface area contributed by atoms with Crippen molar-refractivity contribution in [3.8, 4) is 0 Å². The number of carbonyl (C=O) groups is 1. The molecule has 1 aliphatic rings. The maximum Gasteiger partial charge on any atom is 0.273 e. The van der Waals surface area contributed by atoms with Gasteiger partial charge in [0.2, 0.25) is 0 Å². The Labute approximate surface area is 87.8 Å². The Bertz CT molecular complexity index is 344. The zero-order valence-corrected chi connectivity index (χ0v) is 8.52. The van der Waals surface area contributed by atoms with Crippen molar-refractivity contribution in [3.05, 3.63) is 11.9 Å². The Morgan fingerprint density at radius 1 is 1.67 bits per heavy atom. The molecule has 1 aromatic rings. The van der Waals surface area contributed by atoms with Gasteiger partial charge in [0, 0.05) is 13.1 Å². The van der Waals surface area contributed by atoms with Crippen LogP contribution in [-0.2, 0) is 6.54 Å². The minimum Gasteiger partial charge on any atom is -0.350 e. The molecular weight excluding hydrogens is 194 g/mol. The van der Waals surface area contributed by atoms with E-state index in [1.54, 1.807) is 10.9 Å². The van der Waals surface area contributed by atoms with Crippen molar-refractivity contribution in [3.63, 3.8) is 0 Å². The van der Waals surface area contributed by atoms with Gasteiger partial charge >= 0.3 is 0 Å². The molecule has 1 amide bonds. The molecule has 1 aromatic heterocycles. The molecule has 1 aliphatic carbocycles. The van der Waals surface area contributed by atoms with E-state index < -0.39 is 0 Å². The molecule has 3 N–H and O–H groups in total. The molecule has 0 aliphatic heterocycles. The smallest absolute Gasteiger partial charge is 0.273 e. The number of nitrogens with one attached hydrogen (secondary N) is 1. The highest BCUT2D eigenvalue weighted by molar-refractivity contribution is 5.91. The van der Waals surface area contributed by atoms with E-state index in [0.29, 0.717) is 24.7 Å².